The SMILES string of the molecule is COC(=O)[C@H](C)NP(=O)(Oc1ccccc1)O[C@@H](C)[C@H]1O[C@@H](n2ccc(=O)[nH]c2=O)[C@@H](O)[C@@H]1O.COc1ccc(C(O[C@H]2[C@H](C)[C@@H]([C@H](C)O)O[C@H]2n2ccc(=O)[nH]c2=O)(c2ccccc2)c2ccccc2)cc1.PPP(P)P(P)P.[2H][2H]. The molecule has 6 N–H and O–H groups in total. The maximum atomic E-state index is 13.6. The monoisotopic (exact) mass is 1260 g/mol. The van der Waals surface area contributed by atoms with Crippen LogP contribution >= 0.6 is 65.4 Å². The quantitative estimate of drug-likeness (QED) is 0.0259. The molecule has 0 aliphatic carbocycles. The van der Waals surface area contributed by atoms with Gasteiger partial charge in [-0.2, -0.15) is 5.09 Å². The van der Waals surface area contributed by atoms with E-state index < -0.39 is 103 Å². The molecule has 0 bridgehead atoms. The van der Waals surface area contributed by atoms with Crippen LogP contribution in [0.15, 0.2) is 159 Å². The second kappa shape index (κ2) is 30.2. The second-order valence-electron chi connectivity index (χ2n) is 18.3. The van der Waals surface area contributed by atoms with Gasteiger partial charge in [-0.15, -0.1) is 35.7 Å². The minimum Gasteiger partial charge on any atom is -0.497 e. The molecule has 21 nitrogen and oxygen atoms in total. The summed E-state index contributed by atoms with van der Waals surface area (Å²) in [7, 11) is 10.9. The summed E-state index contributed by atoms with van der Waals surface area (Å²) in [4.78, 5) is 64.3. The second-order valence-corrected chi connectivity index (χ2v) is 42.1. The lowest BCUT2D eigenvalue weighted by Gasteiger charge is -2.40. The van der Waals surface area contributed by atoms with Crippen LogP contribution in [-0.2, 0) is 38.4 Å². The molecule has 0 spiro atoms. The Hall–Kier alpha value is -3.77. The fourth-order valence-corrected chi connectivity index (χ4v) is 26.7. The van der Waals surface area contributed by atoms with Crippen LogP contribution in [0.5, 0.6) is 11.5 Å². The number of hydrogen-bond donors (Lipinski definition) is 6. The molecule has 0 amide bonds. The number of esters is 1. The molecule has 8 rings (SSSR count). The molecule has 0 radical (unpaired) electrons. The average Bonchev–Trinajstić information content (AvgIpc) is 3.52. The van der Waals surface area contributed by atoms with Crippen molar-refractivity contribution >= 4 is 71.4 Å². The Bertz CT molecular complexity index is 3190. The number of rotatable bonds is 19. The molecule has 29 heteroatoms. The van der Waals surface area contributed by atoms with Gasteiger partial charge in [0.15, 0.2) is 12.5 Å². The molecule has 0 saturated carbocycles. The van der Waals surface area contributed by atoms with E-state index in [1.807, 2.05) is 96.8 Å². The number of nitrogens with one attached hydrogen (secondary N) is 3. The van der Waals surface area contributed by atoms with E-state index in [2.05, 4.69) is 50.5 Å². The molecule has 4 heterocycles. The van der Waals surface area contributed by atoms with Crippen molar-refractivity contribution in [3.05, 3.63) is 198 Å². The van der Waals surface area contributed by atoms with Crippen molar-refractivity contribution in [2.45, 2.75) is 94.5 Å². The molecule has 7 unspecified atom stereocenters. The topological polar surface area (TPSA) is 281 Å². The molecule has 18 atom stereocenters. The number of aliphatic hydroxyl groups is 3. The maximum Gasteiger partial charge on any atom is 0.459 e. The van der Waals surface area contributed by atoms with Crippen molar-refractivity contribution in [2.75, 3.05) is 14.2 Å². The Balaban J connectivity index is 0.000000264. The standard InChI is InChI=1S/C31H32N2O6.C20H26N3O10P.H9P7.H2/c1-20-27(21(2)34)38-29(33-19-18-26(35)32-30(33)36)28(20)39-31(22-10-6-4-7-11-22,23-12-8-5-9-13-23)24-14-16-25(37-3)17-15-24;1-11(19(27)30-3)22-34(29,33-13-7-5-4-6-8-13)32-12(2)17-15(25)16(26)18(31-17)23-10-9-14(24)21-20(23)28;1-5-7(4)6(2)3;/h4-21,27-29,34H,1-3H3,(H,32,35,36);4-12,15-18,25-26H,1-3H3,(H,22,29)(H,21,24,28);5H,1-4H2;1H/t20-,21+,27+,28+,29-;11-,12-,15-,16-,17+,18+,34?;;/m10../s1/i;;;1+1D. The number of aromatic nitrogens is 4. The molecular weight excluding hydrogens is 1190 g/mol. The summed E-state index contributed by atoms with van der Waals surface area (Å²) in [5.41, 5.74) is -1.14. The van der Waals surface area contributed by atoms with E-state index in [1.54, 1.807) is 32.2 Å². The summed E-state index contributed by atoms with van der Waals surface area (Å²) < 4.78 is 66.2. The zero-order valence-corrected chi connectivity index (χ0v) is 52.6. The smallest absolute Gasteiger partial charge is 0.459 e. The van der Waals surface area contributed by atoms with E-state index in [1.165, 1.54) is 42.8 Å². The average molecular weight is 1260 g/mol. The van der Waals surface area contributed by atoms with Crippen LogP contribution in [0.2, 0.25) is 0 Å². The number of methoxy groups -OCH3 is 2. The summed E-state index contributed by atoms with van der Waals surface area (Å²) >= 11 is 0. The van der Waals surface area contributed by atoms with Gasteiger partial charge >= 0.3 is 25.1 Å². The maximum absolute atomic E-state index is 13.6. The van der Waals surface area contributed by atoms with Crippen molar-refractivity contribution in [1.82, 2.24) is 24.2 Å². The molecule has 2 saturated heterocycles. The number of H-pyrrole nitrogens is 2. The minimum absolute atomic E-state index is 0.174. The van der Waals surface area contributed by atoms with Crippen LogP contribution in [0.1, 0.15) is 59.8 Å². The largest absolute Gasteiger partial charge is 0.497 e. The number of carbonyl (C=O) groups is 1. The van der Waals surface area contributed by atoms with E-state index in [4.69, 9.17) is 31.0 Å². The first kappa shape index (κ1) is 63.8. The molecule has 2 fully saturated rings. The summed E-state index contributed by atoms with van der Waals surface area (Å²) in [6.45, 7) is 6.84. The number of carbonyl (C=O) groups excluding carboxylic acids is 1. The van der Waals surface area contributed by atoms with Crippen LogP contribution in [0.4, 0.5) is 0 Å². The van der Waals surface area contributed by atoms with E-state index in [9.17, 15) is 43.9 Å². The molecule has 4 aromatic carbocycles. The van der Waals surface area contributed by atoms with Gasteiger partial charge in [-0.05, 0) is 75.7 Å². The van der Waals surface area contributed by atoms with Crippen LogP contribution in [0, 0.1) is 5.92 Å². The highest BCUT2D eigenvalue weighted by Gasteiger charge is 2.52. The molecule has 80 heavy (non-hydrogen) atoms. The molecule has 6 aromatic rings. The summed E-state index contributed by atoms with van der Waals surface area (Å²) in [6.07, 6.45) is -7.44. The van der Waals surface area contributed by atoms with Gasteiger partial charge in [0.1, 0.15) is 47.6 Å². The molecule has 434 valence electrons. The van der Waals surface area contributed by atoms with Gasteiger partial charge in [-0.3, -0.25) is 38.0 Å². The predicted molar refractivity (Wildman–Crippen MR) is 327 cm³/mol. The lowest BCUT2D eigenvalue weighted by atomic mass is 9.79. The zero-order chi connectivity index (χ0) is 60.5. The summed E-state index contributed by atoms with van der Waals surface area (Å²) in [5, 5.41) is 34.0. The number of hydrogen-bond acceptors (Lipinski definition) is 16. The van der Waals surface area contributed by atoms with Crippen LogP contribution in [0.25, 0.3) is 0 Å². The van der Waals surface area contributed by atoms with Gasteiger partial charge in [0.2, 0.25) is 0 Å². The van der Waals surface area contributed by atoms with Crippen molar-refractivity contribution in [3.8, 4) is 11.5 Å². The third-order valence-electron chi connectivity index (χ3n) is 12.8. The lowest BCUT2D eigenvalue weighted by Crippen LogP contribution is -2.43. The molecule has 2 aliphatic rings. The third-order valence-corrected chi connectivity index (χ3v) is 45.1. The minimum atomic E-state index is -4.27. The van der Waals surface area contributed by atoms with Crippen LogP contribution < -0.4 is 36.8 Å². The van der Waals surface area contributed by atoms with Gasteiger partial charge in [-0.25, -0.2) is 14.2 Å². The molecular formula is C51H69N5O16P8. The Morgan fingerprint density at radius 2 is 1.24 bits per heavy atom. The number of nitrogens with zero attached hydrogens (tertiary/aromatic N) is 2. The molecule has 2 aliphatic heterocycles. The fraction of sp³-hybridized carbons (Fsp3) is 0.353. The Labute approximate surface area is 478 Å². The van der Waals surface area contributed by atoms with Gasteiger partial charge in [-0.1, -0.05) is 106 Å². The number of para-hydroxylation sites is 1. The molecule has 2 aromatic heterocycles. The third kappa shape index (κ3) is 16.3. The highest BCUT2D eigenvalue weighted by molar-refractivity contribution is 8.98. The first-order valence-corrected chi connectivity index (χ1v) is 38.1. The summed E-state index contributed by atoms with van der Waals surface area (Å²) in [5.74, 6) is -0.163. The van der Waals surface area contributed by atoms with Crippen molar-refractivity contribution < 1.29 is 60.4 Å². The van der Waals surface area contributed by atoms with Gasteiger partial charge in [0, 0.05) is 33.4 Å². The first-order valence-electron chi connectivity index (χ1n) is 25.7. The lowest BCUT2D eigenvalue weighted by molar-refractivity contribution is -0.142. The van der Waals surface area contributed by atoms with Gasteiger partial charge in [0.05, 0.1) is 32.5 Å². The fourth-order valence-electron chi connectivity index (χ4n) is 8.90. The van der Waals surface area contributed by atoms with Crippen molar-refractivity contribution in [2.24, 2.45) is 5.92 Å². The highest BCUT2D eigenvalue weighted by Crippen LogP contribution is 2.92. The van der Waals surface area contributed by atoms with Crippen molar-refractivity contribution in [1.29, 1.82) is 0 Å². The van der Waals surface area contributed by atoms with Gasteiger partial charge in [0.25, 0.3) is 11.1 Å². The van der Waals surface area contributed by atoms with E-state index in [-0.39, 0.29) is 25.6 Å². The normalized spacial score (nSPS) is 23.2. The Kier molecular flexibility index (Phi) is 24.1. The zero-order valence-electron chi connectivity index (χ0n) is 46.3. The number of aromatic amines is 2. The Morgan fingerprint density at radius 3 is 1.69 bits per heavy atom. The van der Waals surface area contributed by atoms with E-state index >= 15 is 0 Å². The highest BCUT2D eigenvalue weighted by atomic mass is 33.0. The van der Waals surface area contributed by atoms with Crippen molar-refractivity contribution in [3.63, 3.8) is 0 Å². The van der Waals surface area contributed by atoms with Crippen LogP contribution in [0.3, 0.4) is 0 Å². The van der Waals surface area contributed by atoms with Crippen LogP contribution in [-0.4, -0.2) is 103 Å². The van der Waals surface area contributed by atoms with E-state index in [0.717, 1.165) is 48.6 Å². The number of aliphatic hydroxyl groups excluding tert-OH is 3. The first-order chi connectivity index (χ1) is 39.1. The summed E-state index contributed by atoms with van der Waals surface area (Å²) in [6, 6.07) is 36.7. The predicted octanol–water partition coefficient (Wildman–Crippen LogP) is 7.60. The Morgan fingerprint density at radius 1 is 0.750 bits per heavy atom. The number of ether oxygens (including phenoxy) is 5. The van der Waals surface area contributed by atoms with Gasteiger partial charge < -0.3 is 43.5 Å². The number of benzene rings is 4. The van der Waals surface area contributed by atoms with E-state index in [0.29, 0.717) is 5.75 Å².